The molecule has 6 nitrogen and oxygen atoms in total. The summed E-state index contributed by atoms with van der Waals surface area (Å²) in [5.74, 6) is -0.00390. The van der Waals surface area contributed by atoms with E-state index in [4.69, 9.17) is 27.9 Å². The summed E-state index contributed by atoms with van der Waals surface area (Å²) >= 11 is 11.8. The number of benzene rings is 2. The van der Waals surface area contributed by atoms with E-state index in [2.05, 4.69) is 5.32 Å². The number of hydrogen-bond donors (Lipinski definition) is 1. The van der Waals surface area contributed by atoms with Crippen molar-refractivity contribution in [2.45, 2.75) is 6.54 Å². The monoisotopic (exact) mass is 416 g/mol. The number of sulfonamides is 1. The van der Waals surface area contributed by atoms with Gasteiger partial charge in [-0.3, -0.25) is 4.79 Å². The largest absolute Gasteiger partial charge is 0.495 e. The second-order valence-electron chi connectivity index (χ2n) is 5.56. The molecule has 0 aliphatic heterocycles. The van der Waals surface area contributed by atoms with Gasteiger partial charge in [-0.05, 0) is 35.9 Å². The van der Waals surface area contributed by atoms with Crippen molar-refractivity contribution >= 4 is 44.8 Å². The molecular formula is C17H18Cl2N2O4S. The normalized spacial score (nSPS) is 11.4. The smallest absolute Gasteiger partial charge is 0.239 e. The second kappa shape index (κ2) is 8.73. The van der Waals surface area contributed by atoms with Crippen LogP contribution in [0.15, 0.2) is 42.5 Å². The maximum atomic E-state index is 12.3. The van der Waals surface area contributed by atoms with Crippen LogP contribution in [0.4, 0.5) is 5.69 Å². The van der Waals surface area contributed by atoms with Crippen molar-refractivity contribution in [1.82, 2.24) is 4.31 Å². The highest BCUT2D eigenvalue weighted by atomic mass is 35.5. The first kappa shape index (κ1) is 20.5. The van der Waals surface area contributed by atoms with E-state index in [9.17, 15) is 13.2 Å². The number of nitrogens with zero attached hydrogens (tertiary/aromatic N) is 1. The van der Waals surface area contributed by atoms with Gasteiger partial charge in [0.1, 0.15) is 5.75 Å². The first-order valence-electron chi connectivity index (χ1n) is 7.52. The van der Waals surface area contributed by atoms with Gasteiger partial charge in [0.05, 0.1) is 24.9 Å². The van der Waals surface area contributed by atoms with Gasteiger partial charge in [-0.2, -0.15) is 4.31 Å². The van der Waals surface area contributed by atoms with Gasteiger partial charge in [-0.1, -0.05) is 35.3 Å². The Morgan fingerprint density at radius 1 is 1.15 bits per heavy atom. The van der Waals surface area contributed by atoms with E-state index in [0.717, 1.165) is 16.1 Å². The van der Waals surface area contributed by atoms with E-state index in [1.54, 1.807) is 36.4 Å². The summed E-state index contributed by atoms with van der Waals surface area (Å²) in [5.41, 5.74) is 1.17. The zero-order valence-corrected chi connectivity index (χ0v) is 16.5. The SMILES string of the molecule is COc1ccc(NC(=O)CN(Cc2ccc(Cl)cc2)S(C)(=O)=O)cc1Cl. The number of nitrogens with one attached hydrogen (secondary N) is 1. The number of carbonyl (C=O) groups excluding carboxylic acids is 1. The first-order chi connectivity index (χ1) is 12.2. The second-order valence-corrected chi connectivity index (χ2v) is 8.38. The van der Waals surface area contributed by atoms with Crippen molar-refractivity contribution < 1.29 is 17.9 Å². The molecular weight excluding hydrogens is 399 g/mol. The first-order valence-corrected chi connectivity index (χ1v) is 10.1. The molecule has 0 spiro atoms. The highest BCUT2D eigenvalue weighted by molar-refractivity contribution is 7.88. The molecule has 0 aliphatic carbocycles. The van der Waals surface area contributed by atoms with Crippen LogP contribution in [0.25, 0.3) is 0 Å². The molecule has 0 fully saturated rings. The fourth-order valence-electron chi connectivity index (χ4n) is 2.19. The van der Waals surface area contributed by atoms with E-state index < -0.39 is 15.9 Å². The van der Waals surface area contributed by atoms with Crippen molar-refractivity contribution in [1.29, 1.82) is 0 Å². The van der Waals surface area contributed by atoms with Crippen LogP contribution in [-0.4, -0.2) is 38.5 Å². The summed E-state index contributed by atoms with van der Waals surface area (Å²) in [4.78, 5) is 12.3. The van der Waals surface area contributed by atoms with Crippen LogP contribution in [0.2, 0.25) is 10.0 Å². The fourth-order valence-corrected chi connectivity index (χ4v) is 3.31. The summed E-state index contributed by atoms with van der Waals surface area (Å²) in [5, 5.41) is 3.51. The number of rotatable bonds is 7. The number of carbonyl (C=O) groups is 1. The molecule has 0 radical (unpaired) electrons. The van der Waals surface area contributed by atoms with Crippen molar-refractivity contribution in [3.8, 4) is 5.75 Å². The van der Waals surface area contributed by atoms with Crippen LogP contribution in [0, 0.1) is 0 Å². The molecule has 140 valence electrons. The number of halogens is 2. The Kier molecular flexibility index (Phi) is 6.88. The lowest BCUT2D eigenvalue weighted by Crippen LogP contribution is -2.36. The number of hydrogen-bond acceptors (Lipinski definition) is 4. The van der Waals surface area contributed by atoms with E-state index in [0.29, 0.717) is 21.5 Å². The highest BCUT2D eigenvalue weighted by Crippen LogP contribution is 2.27. The molecule has 0 aromatic heterocycles. The van der Waals surface area contributed by atoms with Crippen LogP contribution in [0.1, 0.15) is 5.56 Å². The third kappa shape index (κ3) is 5.88. The Hall–Kier alpha value is -1.80. The summed E-state index contributed by atoms with van der Waals surface area (Å²) < 4.78 is 30.1. The van der Waals surface area contributed by atoms with Gasteiger partial charge in [-0.15, -0.1) is 0 Å². The average molecular weight is 417 g/mol. The van der Waals surface area contributed by atoms with Crippen molar-refractivity contribution in [3.63, 3.8) is 0 Å². The Balaban J connectivity index is 2.09. The topological polar surface area (TPSA) is 75.7 Å². The number of ether oxygens (including phenoxy) is 1. The summed E-state index contributed by atoms with van der Waals surface area (Å²) in [6.07, 6.45) is 1.06. The molecule has 0 saturated carbocycles. The third-order valence-corrected chi connectivity index (χ3v) is 5.24. The number of methoxy groups -OCH3 is 1. The third-order valence-electron chi connectivity index (χ3n) is 3.50. The fraction of sp³-hybridized carbons (Fsp3) is 0.235. The van der Waals surface area contributed by atoms with Gasteiger partial charge < -0.3 is 10.1 Å². The van der Waals surface area contributed by atoms with E-state index in [1.807, 2.05) is 0 Å². The quantitative estimate of drug-likeness (QED) is 0.749. The average Bonchev–Trinajstić information content (AvgIpc) is 2.55. The van der Waals surface area contributed by atoms with Gasteiger partial charge in [0.25, 0.3) is 0 Å². The molecule has 0 bridgehead atoms. The van der Waals surface area contributed by atoms with Crippen molar-refractivity contribution in [2.24, 2.45) is 0 Å². The molecule has 0 atom stereocenters. The van der Waals surface area contributed by atoms with Crippen LogP contribution in [0.5, 0.6) is 5.75 Å². The minimum absolute atomic E-state index is 0.0623. The summed E-state index contributed by atoms with van der Waals surface area (Å²) in [6, 6.07) is 11.5. The standard InChI is InChI=1S/C17H18Cl2N2O4S/c1-25-16-8-7-14(9-15(16)19)20-17(22)11-21(26(2,23)24)10-12-3-5-13(18)6-4-12/h3-9H,10-11H2,1-2H3,(H,20,22). The molecule has 26 heavy (non-hydrogen) atoms. The molecule has 2 rings (SSSR count). The lowest BCUT2D eigenvalue weighted by Gasteiger charge is -2.19. The minimum Gasteiger partial charge on any atom is -0.495 e. The lowest BCUT2D eigenvalue weighted by atomic mass is 10.2. The van der Waals surface area contributed by atoms with E-state index >= 15 is 0 Å². The molecule has 9 heteroatoms. The maximum absolute atomic E-state index is 12.3. The summed E-state index contributed by atoms with van der Waals surface area (Å²) in [7, 11) is -2.10. The zero-order chi connectivity index (χ0) is 19.3. The van der Waals surface area contributed by atoms with Gasteiger partial charge in [0.2, 0.25) is 15.9 Å². The van der Waals surface area contributed by atoms with E-state index in [-0.39, 0.29) is 13.1 Å². The predicted octanol–water partition coefficient (Wildman–Crippen LogP) is 3.40. The van der Waals surface area contributed by atoms with Crippen LogP contribution >= 0.6 is 23.2 Å². The number of anilines is 1. The summed E-state index contributed by atoms with van der Waals surface area (Å²) in [6.45, 7) is -0.266. The van der Waals surface area contributed by atoms with Gasteiger partial charge in [-0.25, -0.2) is 8.42 Å². The predicted molar refractivity (Wildman–Crippen MR) is 103 cm³/mol. The maximum Gasteiger partial charge on any atom is 0.239 e. The molecule has 0 aliphatic rings. The minimum atomic E-state index is -3.59. The van der Waals surface area contributed by atoms with Crippen molar-refractivity contribution in [2.75, 3.05) is 25.2 Å². The van der Waals surface area contributed by atoms with E-state index in [1.165, 1.54) is 13.2 Å². The molecule has 2 aromatic carbocycles. The highest BCUT2D eigenvalue weighted by Gasteiger charge is 2.21. The number of amides is 1. The Morgan fingerprint density at radius 3 is 2.35 bits per heavy atom. The molecule has 1 N–H and O–H groups in total. The van der Waals surface area contributed by atoms with Gasteiger partial charge >= 0.3 is 0 Å². The van der Waals surface area contributed by atoms with Crippen LogP contribution in [-0.2, 0) is 21.4 Å². The molecule has 2 aromatic rings. The Labute approximate surface area is 162 Å². The molecule has 0 unspecified atom stereocenters. The van der Waals surface area contributed by atoms with Crippen LogP contribution < -0.4 is 10.1 Å². The Bertz CT molecular complexity index is 886. The Morgan fingerprint density at radius 2 is 1.81 bits per heavy atom. The zero-order valence-electron chi connectivity index (χ0n) is 14.2. The molecule has 1 amide bonds. The van der Waals surface area contributed by atoms with Gasteiger partial charge in [0.15, 0.2) is 0 Å². The molecule has 0 heterocycles. The van der Waals surface area contributed by atoms with Crippen molar-refractivity contribution in [3.05, 3.63) is 58.1 Å². The van der Waals surface area contributed by atoms with Crippen LogP contribution in [0.3, 0.4) is 0 Å². The lowest BCUT2D eigenvalue weighted by molar-refractivity contribution is -0.116. The molecule has 0 saturated heterocycles. The van der Waals surface area contributed by atoms with Gasteiger partial charge in [0, 0.05) is 17.3 Å².